The molecule has 0 bridgehead atoms. The molecule has 3 heteroatoms. The fraction of sp³-hybridized carbons (Fsp3) is 0.923. The van der Waals surface area contributed by atoms with Crippen molar-refractivity contribution in [2.24, 2.45) is 11.3 Å². The van der Waals surface area contributed by atoms with Crippen LogP contribution in [0.4, 0.5) is 0 Å². The van der Waals surface area contributed by atoms with E-state index in [1.807, 2.05) is 13.8 Å². The lowest BCUT2D eigenvalue weighted by Gasteiger charge is -2.27. The second kappa shape index (κ2) is 6.48. The second-order valence-electron chi connectivity index (χ2n) is 5.96. The molecule has 0 radical (unpaired) electrons. The zero-order valence-corrected chi connectivity index (χ0v) is 12.2. The molecule has 0 rings (SSSR count). The van der Waals surface area contributed by atoms with E-state index < -0.39 is 0 Å². The van der Waals surface area contributed by atoms with Crippen LogP contribution in [0.25, 0.3) is 0 Å². The molecule has 3 unspecified atom stereocenters. The van der Waals surface area contributed by atoms with Gasteiger partial charge in [-0.1, -0.05) is 27.7 Å². The summed E-state index contributed by atoms with van der Waals surface area (Å²) in [6.07, 6.45) is 1.40. The standard InChI is InChI=1S/C13H26ClNO/c1-9(13(4,5)6)7-12(16)15-11(3)8-10(2)14/h9-11H,7-8H2,1-6H3,(H,15,16). The van der Waals surface area contributed by atoms with Gasteiger partial charge in [-0.25, -0.2) is 0 Å². The third kappa shape index (κ3) is 7.10. The number of alkyl halides is 1. The summed E-state index contributed by atoms with van der Waals surface area (Å²) in [6.45, 7) is 12.6. The van der Waals surface area contributed by atoms with Gasteiger partial charge in [-0.3, -0.25) is 4.79 Å². The minimum Gasteiger partial charge on any atom is -0.354 e. The Morgan fingerprint density at radius 1 is 1.25 bits per heavy atom. The Hall–Kier alpha value is -0.240. The fourth-order valence-corrected chi connectivity index (χ4v) is 1.73. The highest BCUT2D eigenvalue weighted by atomic mass is 35.5. The predicted molar refractivity (Wildman–Crippen MR) is 70.8 cm³/mol. The molecule has 0 aliphatic heterocycles. The molecule has 0 aliphatic carbocycles. The molecule has 0 saturated carbocycles. The fourth-order valence-electron chi connectivity index (χ4n) is 1.46. The molecule has 0 heterocycles. The quantitative estimate of drug-likeness (QED) is 0.740. The molecular formula is C13H26ClNO. The Bertz CT molecular complexity index is 220. The molecule has 0 spiro atoms. The van der Waals surface area contributed by atoms with Crippen molar-refractivity contribution in [2.75, 3.05) is 0 Å². The number of carbonyl (C=O) groups excluding carboxylic acids is 1. The topological polar surface area (TPSA) is 29.1 Å². The lowest BCUT2D eigenvalue weighted by molar-refractivity contribution is -0.123. The van der Waals surface area contributed by atoms with Crippen molar-refractivity contribution in [1.82, 2.24) is 5.32 Å². The van der Waals surface area contributed by atoms with Crippen molar-refractivity contribution in [3.8, 4) is 0 Å². The number of amides is 1. The van der Waals surface area contributed by atoms with Gasteiger partial charge in [-0.15, -0.1) is 11.6 Å². The predicted octanol–water partition coefficient (Wildman–Crippen LogP) is 3.58. The van der Waals surface area contributed by atoms with E-state index in [9.17, 15) is 4.79 Å². The molecular weight excluding hydrogens is 222 g/mol. The van der Waals surface area contributed by atoms with Crippen LogP contribution in [0.3, 0.4) is 0 Å². The van der Waals surface area contributed by atoms with Gasteiger partial charge in [0.1, 0.15) is 0 Å². The molecule has 3 atom stereocenters. The Kier molecular flexibility index (Phi) is 6.39. The molecule has 1 N–H and O–H groups in total. The summed E-state index contributed by atoms with van der Waals surface area (Å²) in [5, 5.41) is 3.10. The van der Waals surface area contributed by atoms with E-state index in [2.05, 4.69) is 33.0 Å². The molecule has 0 aromatic carbocycles. The number of nitrogens with one attached hydrogen (secondary N) is 1. The summed E-state index contributed by atoms with van der Waals surface area (Å²) >= 11 is 5.88. The van der Waals surface area contributed by atoms with Crippen LogP contribution >= 0.6 is 11.6 Å². The van der Waals surface area contributed by atoms with Crippen LogP contribution in [-0.4, -0.2) is 17.3 Å². The average Bonchev–Trinajstić information content (AvgIpc) is 1.98. The van der Waals surface area contributed by atoms with E-state index in [4.69, 9.17) is 11.6 Å². The summed E-state index contributed by atoms with van der Waals surface area (Å²) in [7, 11) is 0. The number of hydrogen-bond donors (Lipinski definition) is 1. The van der Waals surface area contributed by atoms with E-state index >= 15 is 0 Å². The summed E-state index contributed by atoms with van der Waals surface area (Å²) in [5.74, 6) is 0.514. The number of hydrogen-bond acceptors (Lipinski definition) is 1. The zero-order valence-electron chi connectivity index (χ0n) is 11.4. The molecule has 0 fully saturated rings. The van der Waals surface area contributed by atoms with Crippen molar-refractivity contribution in [3.05, 3.63) is 0 Å². The first kappa shape index (κ1) is 15.8. The maximum Gasteiger partial charge on any atom is 0.220 e. The molecule has 2 nitrogen and oxygen atoms in total. The summed E-state index contributed by atoms with van der Waals surface area (Å²) in [6, 6.07) is 0.159. The van der Waals surface area contributed by atoms with Gasteiger partial charge in [0.05, 0.1) is 0 Å². The number of halogens is 1. The minimum atomic E-state index is 0.107. The summed E-state index contributed by atoms with van der Waals surface area (Å²) in [4.78, 5) is 11.7. The largest absolute Gasteiger partial charge is 0.354 e. The van der Waals surface area contributed by atoms with Crippen molar-refractivity contribution in [3.63, 3.8) is 0 Å². The molecule has 0 aromatic heterocycles. The Morgan fingerprint density at radius 2 is 1.75 bits per heavy atom. The Labute approximate surface area is 105 Å². The van der Waals surface area contributed by atoms with Crippen LogP contribution < -0.4 is 5.32 Å². The summed E-state index contributed by atoms with van der Waals surface area (Å²) in [5.41, 5.74) is 0.181. The van der Waals surface area contributed by atoms with Crippen molar-refractivity contribution in [1.29, 1.82) is 0 Å². The first-order chi connectivity index (χ1) is 7.12. The van der Waals surface area contributed by atoms with E-state index in [0.29, 0.717) is 12.3 Å². The molecule has 0 saturated heterocycles. The minimum absolute atomic E-state index is 0.107. The highest BCUT2D eigenvalue weighted by molar-refractivity contribution is 6.20. The first-order valence-corrected chi connectivity index (χ1v) is 6.50. The van der Waals surface area contributed by atoms with Gasteiger partial charge in [0.15, 0.2) is 0 Å². The third-order valence-electron chi connectivity index (χ3n) is 3.06. The highest BCUT2D eigenvalue weighted by Crippen LogP contribution is 2.27. The van der Waals surface area contributed by atoms with Crippen molar-refractivity contribution >= 4 is 17.5 Å². The van der Waals surface area contributed by atoms with Gasteiger partial charge in [0, 0.05) is 17.8 Å². The van der Waals surface area contributed by atoms with Gasteiger partial charge in [0.25, 0.3) is 0 Å². The van der Waals surface area contributed by atoms with E-state index in [0.717, 1.165) is 6.42 Å². The lowest BCUT2D eigenvalue weighted by atomic mass is 9.80. The van der Waals surface area contributed by atoms with Crippen LogP contribution in [0.2, 0.25) is 0 Å². The van der Waals surface area contributed by atoms with E-state index in [-0.39, 0.29) is 22.7 Å². The van der Waals surface area contributed by atoms with Gasteiger partial charge < -0.3 is 5.32 Å². The van der Waals surface area contributed by atoms with E-state index in [1.54, 1.807) is 0 Å². The molecule has 0 aliphatic rings. The van der Waals surface area contributed by atoms with Gasteiger partial charge >= 0.3 is 0 Å². The third-order valence-corrected chi connectivity index (χ3v) is 3.23. The maximum atomic E-state index is 11.7. The Morgan fingerprint density at radius 3 is 2.12 bits per heavy atom. The van der Waals surface area contributed by atoms with Crippen molar-refractivity contribution < 1.29 is 4.79 Å². The molecule has 1 amide bonds. The number of carbonyl (C=O) groups is 1. The smallest absolute Gasteiger partial charge is 0.220 e. The zero-order chi connectivity index (χ0) is 12.9. The summed E-state index contributed by atoms with van der Waals surface area (Å²) < 4.78 is 0. The SMILES string of the molecule is CC(Cl)CC(C)NC(=O)CC(C)C(C)(C)C. The monoisotopic (exact) mass is 247 g/mol. The van der Waals surface area contributed by atoms with Crippen LogP contribution in [-0.2, 0) is 4.79 Å². The van der Waals surface area contributed by atoms with Crippen LogP contribution in [0.15, 0.2) is 0 Å². The lowest BCUT2D eigenvalue weighted by Crippen LogP contribution is -2.36. The second-order valence-corrected chi connectivity index (χ2v) is 6.70. The average molecular weight is 248 g/mol. The first-order valence-electron chi connectivity index (χ1n) is 6.06. The Balaban J connectivity index is 4.00. The molecule has 16 heavy (non-hydrogen) atoms. The van der Waals surface area contributed by atoms with Crippen LogP contribution in [0.5, 0.6) is 0 Å². The molecule has 96 valence electrons. The van der Waals surface area contributed by atoms with E-state index in [1.165, 1.54) is 0 Å². The van der Waals surface area contributed by atoms with Crippen LogP contribution in [0, 0.1) is 11.3 Å². The van der Waals surface area contributed by atoms with Crippen molar-refractivity contribution in [2.45, 2.75) is 65.8 Å². The molecule has 0 aromatic rings. The highest BCUT2D eigenvalue weighted by Gasteiger charge is 2.23. The number of rotatable bonds is 5. The van der Waals surface area contributed by atoms with Gasteiger partial charge in [-0.05, 0) is 31.6 Å². The van der Waals surface area contributed by atoms with Crippen LogP contribution in [0.1, 0.15) is 54.4 Å². The normalized spacial score (nSPS) is 17.7. The maximum absolute atomic E-state index is 11.7. The van der Waals surface area contributed by atoms with Gasteiger partial charge in [0.2, 0.25) is 5.91 Å². The van der Waals surface area contributed by atoms with Gasteiger partial charge in [-0.2, -0.15) is 0 Å².